The summed E-state index contributed by atoms with van der Waals surface area (Å²) in [5, 5.41) is -0.497. The molecule has 0 fully saturated rings. The zero-order valence-corrected chi connectivity index (χ0v) is 13.0. The maximum Gasteiger partial charge on any atom is 0.431 e. The van der Waals surface area contributed by atoms with E-state index in [2.05, 4.69) is 4.98 Å². The molecular weight excluding hydrogens is 366 g/mol. The number of rotatable bonds is 2. The largest absolute Gasteiger partial charge is 0.461 e. The smallest absolute Gasteiger partial charge is 0.431 e. The molecule has 138 valence electrons. The number of carbonyl (C=O) groups excluding carboxylic acids is 1. The Labute approximate surface area is 141 Å². The number of hydrogen-bond donors (Lipinski definition) is 1. The maximum absolute atomic E-state index is 13.2. The van der Waals surface area contributed by atoms with Crippen LogP contribution < -0.4 is 0 Å². The first kappa shape index (κ1) is 18.0. The first-order valence-electron chi connectivity index (χ1n) is 7.30. The molecule has 3 aromatic rings. The summed E-state index contributed by atoms with van der Waals surface area (Å²) in [5.41, 5.74) is -3.52. The van der Waals surface area contributed by atoms with Gasteiger partial charge in [0.15, 0.2) is 0 Å². The van der Waals surface area contributed by atoms with Gasteiger partial charge < -0.3 is 9.72 Å². The van der Waals surface area contributed by atoms with Gasteiger partial charge in [-0.3, -0.25) is 0 Å². The molecule has 3 rings (SSSR count). The van der Waals surface area contributed by atoms with Crippen molar-refractivity contribution in [2.45, 2.75) is 19.3 Å². The van der Waals surface area contributed by atoms with E-state index in [1.165, 1.54) is 6.07 Å². The number of nitrogens with zero attached hydrogens (tertiary/aromatic N) is 1. The van der Waals surface area contributed by atoms with Gasteiger partial charge in [-0.15, -0.1) is 0 Å². The lowest BCUT2D eigenvalue weighted by molar-refractivity contribution is -0.144. The van der Waals surface area contributed by atoms with Gasteiger partial charge in [-0.2, -0.15) is 26.3 Å². The van der Waals surface area contributed by atoms with Crippen molar-refractivity contribution in [3.63, 3.8) is 0 Å². The lowest BCUT2D eigenvalue weighted by Crippen LogP contribution is -2.13. The Morgan fingerprint density at radius 1 is 1.08 bits per heavy atom. The van der Waals surface area contributed by atoms with Crippen LogP contribution in [0.5, 0.6) is 0 Å². The SMILES string of the molecule is CCOC(=O)c1cc2c(ccc3c(C(F)(F)F)cc(C(F)(F)F)[nH]c32)n1. The van der Waals surface area contributed by atoms with Gasteiger partial charge in [0.05, 0.1) is 23.2 Å². The van der Waals surface area contributed by atoms with Crippen LogP contribution in [0.4, 0.5) is 26.3 Å². The summed E-state index contributed by atoms with van der Waals surface area (Å²) in [6, 6.07) is 3.35. The molecule has 2 aromatic heterocycles. The normalized spacial score (nSPS) is 12.7. The maximum atomic E-state index is 13.2. The van der Waals surface area contributed by atoms with E-state index in [0.717, 1.165) is 12.1 Å². The lowest BCUT2D eigenvalue weighted by atomic mass is 10.0. The molecule has 4 nitrogen and oxygen atoms in total. The van der Waals surface area contributed by atoms with Crippen molar-refractivity contribution in [1.29, 1.82) is 0 Å². The zero-order chi connectivity index (χ0) is 19.3. The van der Waals surface area contributed by atoms with E-state index >= 15 is 0 Å². The van der Waals surface area contributed by atoms with Crippen molar-refractivity contribution in [2.75, 3.05) is 6.61 Å². The molecule has 2 heterocycles. The first-order valence-corrected chi connectivity index (χ1v) is 7.30. The Hall–Kier alpha value is -2.78. The van der Waals surface area contributed by atoms with E-state index < -0.39 is 40.5 Å². The summed E-state index contributed by atoms with van der Waals surface area (Å²) < 4.78 is 83.6. The van der Waals surface area contributed by atoms with Crippen LogP contribution in [-0.2, 0) is 17.1 Å². The minimum absolute atomic E-state index is 0.0246. The van der Waals surface area contributed by atoms with Gasteiger partial charge >= 0.3 is 18.3 Å². The van der Waals surface area contributed by atoms with Gasteiger partial charge in [0.1, 0.15) is 11.4 Å². The molecule has 1 aromatic carbocycles. The topological polar surface area (TPSA) is 55.0 Å². The third-order valence-corrected chi connectivity index (χ3v) is 3.68. The number of pyridine rings is 1. The summed E-state index contributed by atoms with van der Waals surface area (Å²) in [4.78, 5) is 17.6. The minimum Gasteiger partial charge on any atom is -0.461 e. The molecule has 0 radical (unpaired) electrons. The number of nitrogens with one attached hydrogen (secondary N) is 1. The van der Waals surface area contributed by atoms with Crippen LogP contribution in [0.1, 0.15) is 28.7 Å². The average molecular weight is 376 g/mol. The highest BCUT2D eigenvalue weighted by Gasteiger charge is 2.39. The number of benzene rings is 1. The van der Waals surface area contributed by atoms with Gasteiger partial charge in [0.25, 0.3) is 0 Å². The van der Waals surface area contributed by atoms with Crippen molar-refractivity contribution in [1.82, 2.24) is 9.97 Å². The molecule has 0 saturated carbocycles. The van der Waals surface area contributed by atoms with Crippen molar-refractivity contribution in [2.24, 2.45) is 0 Å². The van der Waals surface area contributed by atoms with Crippen LogP contribution in [0.25, 0.3) is 21.8 Å². The van der Waals surface area contributed by atoms with Crippen LogP contribution in [0, 0.1) is 0 Å². The van der Waals surface area contributed by atoms with Crippen molar-refractivity contribution >= 4 is 27.8 Å². The fraction of sp³-hybridized carbons (Fsp3) is 0.250. The highest BCUT2D eigenvalue weighted by Crippen LogP contribution is 2.40. The molecule has 0 bridgehead atoms. The predicted molar refractivity (Wildman–Crippen MR) is 79.6 cm³/mol. The molecule has 10 heteroatoms. The number of ether oxygens (including phenoxy) is 1. The van der Waals surface area contributed by atoms with Gasteiger partial charge in [-0.1, -0.05) is 6.07 Å². The van der Waals surface area contributed by atoms with E-state index in [1.807, 2.05) is 4.98 Å². The molecule has 0 aliphatic carbocycles. The average Bonchev–Trinajstić information content (AvgIpc) is 2.97. The number of H-pyrrole nitrogens is 1. The Balaban J connectivity index is 2.37. The number of aromatic nitrogens is 2. The Morgan fingerprint density at radius 3 is 2.35 bits per heavy atom. The van der Waals surface area contributed by atoms with Crippen molar-refractivity contribution in [3.8, 4) is 0 Å². The van der Waals surface area contributed by atoms with E-state index in [4.69, 9.17) is 4.74 Å². The van der Waals surface area contributed by atoms with E-state index in [1.54, 1.807) is 6.92 Å². The molecule has 0 unspecified atom stereocenters. The summed E-state index contributed by atoms with van der Waals surface area (Å²) in [5.74, 6) is -0.820. The standard InChI is InChI=1S/C16H10F6N2O2/c1-2-26-14(25)11-5-8-10(23-11)4-3-7-9(15(17,18)19)6-12(16(20,21)22)24-13(7)8/h3-6,24H,2H2,1H3. The molecule has 0 saturated heterocycles. The molecule has 26 heavy (non-hydrogen) atoms. The summed E-state index contributed by atoms with van der Waals surface area (Å²) in [7, 11) is 0. The van der Waals surface area contributed by atoms with E-state index in [9.17, 15) is 31.1 Å². The molecule has 0 spiro atoms. The van der Waals surface area contributed by atoms with Gasteiger partial charge in [0.2, 0.25) is 0 Å². The quantitative estimate of drug-likeness (QED) is 0.510. The number of alkyl halides is 6. The Morgan fingerprint density at radius 2 is 1.77 bits per heavy atom. The molecule has 0 atom stereocenters. The Bertz CT molecular complexity index is 1000. The van der Waals surface area contributed by atoms with E-state index in [-0.39, 0.29) is 29.3 Å². The third kappa shape index (κ3) is 3.06. The van der Waals surface area contributed by atoms with E-state index in [0.29, 0.717) is 0 Å². The van der Waals surface area contributed by atoms with Crippen LogP contribution in [0.2, 0.25) is 0 Å². The van der Waals surface area contributed by atoms with Crippen LogP contribution >= 0.6 is 0 Å². The third-order valence-electron chi connectivity index (χ3n) is 3.68. The van der Waals surface area contributed by atoms with Crippen LogP contribution in [0.3, 0.4) is 0 Å². The summed E-state index contributed by atoms with van der Waals surface area (Å²) >= 11 is 0. The summed E-state index contributed by atoms with van der Waals surface area (Å²) in [6.07, 6.45) is -10.0. The lowest BCUT2D eigenvalue weighted by Gasteiger charge is -2.15. The molecule has 1 N–H and O–H groups in total. The first-order chi connectivity index (χ1) is 12.0. The monoisotopic (exact) mass is 376 g/mol. The number of aromatic amines is 1. The van der Waals surface area contributed by atoms with Crippen molar-refractivity contribution < 1.29 is 35.9 Å². The summed E-state index contributed by atoms with van der Waals surface area (Å²) in [6.45, 7) is 1.60. The number of halogens is 6. The number of hydrogen-bond acceptors (Lipinski definition) is 3. The second-order valence-corrected chi connectivity index (χ2v) is 5.37. The molecular formula is C16H10F6N2O2. The minimum atomic E-state index is -5.01. The zero-order valence-electron chi connectivity index (χ0n) is 13.0. The number of esters is 1. The predicted octanol–water partition coefficient (Wildman–Crippen LogP) is 4.93. The fourth-order valence-corrected chi connectivity index (χ4v) is 2.60. The van der Waals surface area contributed by atoms with Crippen LogP contribution in [0.15, 0.2) is 24.3 Å². The molecule has 0 aliphatic rings. The second-order valence-electron chi connectivity index (χ2n) is 5.37. The highest BCUT2D eigenvalue weighted by molar-refractivity contribution is 6.08. The Kier molecular flexibility index (Phi) is 4.08. The molecule has 0 aliphatic heterocycles. The van der Waals surface area contributed by atoms with Gasteiger partial charge in [-0.05, 0) is 25.1 Å². The number of fused-ring (bicyclic) bond motifs is 3. The fourth-order valence-electron chi connectivity index (χ4n) is 2.60. The van der Waals surface area contributed by atoms with Crippen molar-refractivity contribution in [3.05, 3.63) is 41.2 Å². The highest BCUT2D eigenvalue weighted by atomic mass is 19.4. The second kappa shape index (κ2) is 5.89. The van der Waals surface area contributed by atoms with Gasteiger partial charge in [-0.25, -0.2) is 9.78 Å². The number of carbonyl (C=O) groups is 1. The van der Waals surface area contributed by atoms with Crippen LogP contribution in [-0.4, -0.2) is 22.5 Å². The molecule has 0 amide bonds. The van der Waals surface area contributed by atoms with Gasteiger partial charge in [0, 0.05) is 10.8 Å².